The standard InChI is InChI=1S/C36H38F2N8O3/c1-2-24-22-25(10-11-26(24)36(48)42-15-6-3-4-9-31(47)45-19-16-39-17-20-45)44-34-35-43-23-28(46(35)21-18-41-34)27-12-13-29(33(38)32(27)37)49-30-8-5-7-14-40-30/h5,7-8,10-14,18,21-23,39H,2-4,6,9,15-17,19-20H2,1H3,(H,41,44)(H,42,48). The first-order valence-corrected chi connectivity index (χ1v) is 16.5. The lowest BCUT2D eigenvalue weighted by Crippen LogP contribution is -2.46. The van der Waals surface area contributed by atoms with Crippen LogP contribution < -0.4 is 20.7 Å². The van der Waals surface area contributed by atoms with E-state index >= 15 is 8.78 Å². The molecule has 13 heteroatoms. The molecular weight excluding hydrogens is 630 g/mol. The third-order valence-electron chi connectivity index (χ3n) is 8.42. The predicted molar refractivity (Wildman–Crippen MR) is 182 cm³/mol. The number of imidazole rings is 1. The van der Waals surface area contributed by atoms with Crippen LogP contribution in [-0.2, 0) is 11.2 Å². The molecule has 254 valence electrons. The highest BCUT2D eigenvalue weighted by Gasteiger charge is 2.21. The number of carbonyl (C=O) groups excluding carboxylic acids is 2. The van der Waals surface area contributed by atoms with E-state index in [0.717, 1.165) is 51.0 Å². The van der Waals surface area contributed by atoms with Crippen LogP contribution in [0.3, 0.4) is 0 Å². The Balaban J connectivity index is 1.08. The number of benzene rings is 2. The lowest BCUT2D eigenvalue weighted by atomic mass is 10.0. The molecule has 1 fully saturated rings. The van der Waals surface area contributed by atoms with Crippen LogP contribution in [0, 0.1) is 11.6 Å². The highest BCUT2D eigenvalue weighted by Crippen LogP contribution is 2.33. The SMILES string of the molecule is CCc1cc(Nc2nccn3c(-c4ccc(Oc5ccccn5)c(F)c4F)cnc23)ccc1C(=O)NCCCCCC(=O)N1CCNCC1. The van der Waals surface area contributed by atoms with E-state index in [2.05, 4.69) is 30.9 Å². The molecule has 0 atom stereocenters. The number of carbonyl (C=O) groups is 2. The van der Waals surface area contributed by atoms with Crippen LogP contribution in [0.5, 0.6) is 11.6 Å². The maximum absolute atomic E-state index is 15.3. The molecular formula is C36H38F2N8O3. The summed E-state index contributed by atoms with van der Waals surface area (Å²) in [6.45, 7) is 5.74. The van der Waals surface area contributed by atoms with Crippen molar-refractivity contribution in [2.24, 2.45) is 0 Å². The largest absolute Gasteiger partial charge is 0.436 e. The van der Waals surface area contributed by atoms with E-state index in [1.54, 1.807) is 40.9 Å². The van der Waals surface area contributed by atoms with Crippen LogP contribution in [0.25, 0.3) is 16.9 Å². The molecule has 0 bridgehead atoms. The Morgan fingerprint density at radius 3 is 2.61 bits per heavy atom. The summed E-state index contributed by atoms with van der Waals surface area (Å²) in [5.41, 5.74) is 2.87. The van der Waals surface area contributed by atoms with Crippen molar-refractivity contribution in [3.63, 3.8) is 0 Å². The van der Waals surface area contributed by atoms with E-state index in [-0.39, 0.29) is 29.0 Å². The average molecular weight is 669 g/mol. The number of aryl methyl sites for hydroxylation is 1. The van der Waals surface area contributed by atoms with Crippen molar-refractivity contribution in [2.75, 3.05) is 38.0 Å². The second-order valence-electron chi connectivity index (χ2n) is 11.7. The van der Waals surface area contributed by atoms with Crippen LogP contribution in [-0.4, -0.2) is 68.8 Å². The minimum absolute atomic E-state index is 0.00265. The second-order valence-corrected chi connectivity index (χ2v) is 11.7. The molecule has 1 aliphatic heterocycles. The zero-order valence-corrected chi connectivity index (χ0v) is 27.2. The topological polar surface area (TPSA) is 126 Å². The number of fused-ring (bicyclic) bond motifs is 1. The summed E-state index contributed by atoms with van der Waals surface area (Å²) < 4.78 is 37.4. The van der Waals surface area contributed by atoms with Gasteiger partial charge in [0.2, 0.25) is 17.6 Å². The molecule has 1 saturated heterocycles. The number of piperazine rings is 1. The van der Waals surface area contributed by atoms with Gasteiger partial charge in [-0.25, -0.2) is 19.3 Å². The molecule has 1 aliphatic rings. The summed E-state index contributed by atoms with van der Waals surface area (Å²) in [6, 6.07) is 13.2. The number of halogens is 2. The van der Waals surface area contributed by atoms with Crippen molar-refractivity contribution in [1.29, 1.82) is 0 Å². The van der Waals surface area contributed by atoms with Gasteiger partial charge in [-0.15, -0.1) is 0 Å². The fourth-order valence-electron chi connectivity index (χ4n) is 5.80. The van der Waals surface area contributed by atoms with E-state index < -0.39 is 11.6 Å². The Labute approximate surface area is 282 Å². The summed E-state index contributed by atoms with van der Waals surface area (Å²) in [4.78, 5) is 40.1. The molecule has 2 amide bonds. The number of hydrogen-bond donors (Lipinski definition) is 3. The van der Waals surface area contributed by atoms with Crippen LogP contribution in [0.4, 0.5) is 20.3 Å². The Bertz CT molecular complexity index is 1930. The molecule has 0 spiro atoms. The number of unbranched alkanes of at least 4 members (excludes halogenated alkanes) is 2. The van der Waals surface area contributed by atoms with E-state index in [4.69, 9.17) is 4.74 Å². The van der Waals surface area contributed by atoms with Gasteiger partial charge in [-0.1, -0.05) is 19.4 Å². The molecule has 0 aliphatic carbocycles. The first-order chi connectivity index (χ1) is 23.9. The van der Waals surface area contributed by atoms with Gasteiger partial charge in [0, 0.05) is 80.6 Å². The van der Waals surface area contributed by atoms with Gasteiger partial charge in [-0.2, -0.15) is 4.39 Å². The van der Waals surface area contributed by atoms with Gasteiger partial charge in [0.1, 0.15) is 0 Å². The first kappa shape index (κ1) is 33.5. The van der Waals surface area contributed by atoms with Gasteiger partial charge in [0.05, 0.1) is 11.9 Å². The van der Waals surface area contributed by atoms with E-state index in [1.807, 2.05) is 17.9 Å². The number of hydrogen-bond acceptors (Lipinski definition) is 8. The lowest BCUT2D eigenvalue weighted by molar-refractivity contribution is -0.131. The molecule has 0 saturated carbocycles. The maximum atomic E-state index is 15.3. The first-order valence-electron chi connectivity index (χ1n) is 16.5. The van der Waals surface area contributed by atoms with Crippen LogP contribution in [0.1, 0.15) is 48.5 Å². The molecule has 2 aromatic carbocycles. The Kier molecular flexibility index (Phi) is 10.7. The zero-order valence-electron chi connectivity index (χ0n) is 27.2. The summed E-state index contributed by atoms with van der Waals surface area (Å²) in [5.74, 6) is -1.90. The van der Waals surface area contributed by atoms with Gasteiger partial charge < -0.3 is 25.6 Å². The number of pyridine rings is 1. The molecule has 6 rings (SSSR count). The highest BCUT2D eigenvalue weighted by molar-refractivity contribution is 5.96. The highest BCUT2D eigenvalue weighted by atomic mass is 19.2. The lowest BCUT2D eigenvalue weighted by Gasteiger charge is -2.27. The molecule has 5 aromatic rings. The van der Waals surface area contributed by atoms with Crippen molar-refractivity contribution < 1.29 is 23.1 Å². The molecule has 0 radical (unpaired) electrons. The van der Waals surface area contributed by atoms with E-state index in [1.165, 1.54) is 30.7 Å². The van der Waals surface area contributed by atoms with Gasteiger partial charge >= 0.3 is 0 Å². The Morgan fingerprint density at radius 1 is 0.959 bits per heavy atom. The number of amides is 2. The zero-order chi connectivity index (χ0) is 34.2. The second kappa shape index (κ2) is 15.6. The fraction of sp³-hybridized carbons (Fsp3) is 0.306. The van der Waals surface area contributed by atoms with E-state index in [9.17, 15) is 9.59 Å². The third-order valence-corrected chi connectivity index (χ3v) is 8.42. The summed E-state index contributed by atoms with van der Waals surface area (Å²) in [5, 5.41) is 9.52. The molecule has 11 nitrogen and oxygen atoms in total. The summed E-state index contributed by atoms with van der Waals surface area (Å²) >= 11 is 0. The van der Waals surface area contributed by atoms with Crippen LogP contribution in [0.15, 0.2) is 73.3 Å². The number of nitrogens with zero attached hydrogens (tertiary/aromatic N) is 5. The monoisotopic (exact) mass is 668 g/mol. The number of nitrogens with one attached hydrogen (secondary N) is 3. The van der Waals surface area contributed by atoms with Crippen molar-refractivity contribution in [3.8, 4) is 22.9 Å². The van der Waals surface area contributed by atoms with Gasteiger partial charge in [-0.05, 0) is 61.2 Å². The van der Waals surface area contributed by atoms with Crippen LogP contribution >= 0.6 is 0 Å². The van der Waals surface area contributed by atoms with Crippen molar-refractivity contribution in [1.82, 2.24) is 34.9 Å². The molecule has 49 heavy (non-hydrogen) atoms. The predicted octanol–water partition coefficient (Wildman–Crippen LogP) is 5.89. The fourth-order valence-corrected chi connectivity index (χ4v) is 5.80. The minimum Gasteiger partial charge on any atom is -0.436 e. The number of aromatic nitrogens is 4. The molecule has 3 N–H and O–H groups in total. The molecule has 0 unspecified atom stereocenters. The average Bonchev–Trinajstić information content (AvgIpc) is 3.57. The summed E-state index contributed by atoms with van der Waals surface area (Å²) in [6.07, 6.45) is 9.73. The minimum atomic E-state index is -1.14. The van der Waals surface area contributed by atoms with Crippen LogP contribution in [0.2, 0.25) is 0 Å². The number of anilines is 2. The van der Waals surface area contributed by atoms with Gasteiger partial charge in [0.25, 0.3) is 5.91 Å². The van der Waals surface area contributed by atoms with Gasteiger partial charge in [-0.3, -0.25) is 14.0 Å². The van der Waals surface area contributed by atoms with Crippen molar-refractivity contribution >= 4 is 29.0 Å². The smallest absolute Gasteiger partial charge is 0.251 e. The van der Waals surface area contributed by atoms with Crippen molar-refractivity contribution in [2.45, 2.75) is 39.0 Å². The van der Waals surface area contributed by atoms with E-state index in [0.29, 0.717) is 47.8 Å². The van der Waals surface area contributed by atoms with Crippen molar-refractivity contribution in [3.05, 3.63) is 96.1 Å². The molecule has 3 aromatic heterocycles. The molecule has 4 heterocycles. The number of rotatable bonds is 13. The normalized spacial score (nSPS) is 13.0. The quantitative estimate of drug-likeness (QED) is 0.133. The Hall–Kier alpha value is -5.43. The maximum Gasteiger partial charge on any atom is 0.251 e. The Morgan fingerprint density at radius 2 is 1.82 bits per heavy atom. The van der Waals surface area contributed by atoms with Gasteiger partial charge in [0.15, 0.2) is 23.0 Å². The number of ether oxygens (including phenoxy) is 1. The summed E-state index contributed by atoms with van der Waals surface area (Å²) in [7, 11) is 0. The third kappa shape index (κ3) is 7.83.